The van der Waals surface area contributed by atoms with E-state index in [0.29, 0.717) is 17.6 Å². The van der Waals surface area contributed by atoms with Gasteiger partial charge in [-0.2, -0.15) is 0 Å². The van der Waals surface area contributed by atoms with Crippen molar-refractivity contribution in [3.05, 3.63) is 41.0 Å². The van der Waals surface area contributed by atoms with Gasteiger partial charge in [0.15, 0.2) is 0 Å². The second-order valence-electron chi connectivity index (χ2n) is 6.55. The molecule has 2 saturated heterocycles. The quantitative estimate of drug-likeness (QED) is 0.449. The number of rotatable bonds is 6. The lowest BCUT2D eigenvalue weighted by Gasteiger charge is -2.39. The number of fused-ring (bicyclic) bond motifs is 1. The Bertz CT molecular complexity index is 803. The average Bonchev–Trinajstić information content (AvgIpc) is 2.95. The fraction of sp³-hybridized carbons (Fsp3) is 0.421. The molecule has 2 heterocycles. The molecule has 0 aliphatic carbocycles. The van der Waals surface area contributed by atoms with Gasteiger partial charge in [0.05, 0.1) is 12.7 Å². The van der Waals surface area contributed by atoms with Crippen LogP contribution in [0.4, 0.5) is 0 Å². The summed E-state index contributed by atoms with van der Waals surface area (Å²) in [6, 6.07) is 6.59. The van der Waals surface area contributed by atoms with Gasteiger partial charge in [0, 0.05) is 12.2 Å². The highest BCUT2D eigenvalue weighted by molar-refractivity contribution is 8.01. The highest BCUT2D eigenvalue weighted by Crippen LogP contribution is 2.49. The molecule has 1 amide bonds. The van der Waals surface area contributed by atoms with Crippen LogP contribution < -0.4 is 4.74 Å². The zero-order valence-corrected chi connectivity index (χ0v) is 16.1. The van der Waals surface area contributed by atoms with Gasteiger partial charge in [0.2, 0.25) is 0 Å². The monoisotopic (exact) mass is 391 g/mol. The van der Waals surface area contributed by atoms with Gasteiger partial charge >= 0.3 is 11.9 Å². The van der Waals surface area contributed by atoms with E-state index in [-0.39, 0.29) is 23.1 Å². The predicted molar refractivity (Wildman–Crippen MR) is 99.5 cm³/mol. The maximum Gasteiger partial charge on any atom is 0.327 e. The first-order valence-electron chi connectivity index (χ1n) is 8.50. The summed E-state index contributed by atoms with van der Waals surface area (Å²) in [7, 11) is 1.59. The number of carbonyl (C=O) groups excluding carboxylic acids is 2. The van der Waals surface area contributed by atoms with Crippen LogP contribution in [-0.2, 0) is 25.5 Å². The molecule has 0 radical (unpaired) electrons. The minimum Gasteiger partial charge on any atom is -0.497 e. The van der Waals surface area contributed by atoms with E-state index >= 15 is 0 Å². The molecular formula is C19H21NO6S. The summed E-state index contributed by atoms with van der Waals surface area (Å²) in [5.41, 5.74) is 2.19. The SMILES string of the molecule is COc1ccc(CC2S[C@@H]3C(=C(C)COC(C)=O)C(=O)N3C2C(=O)O)cc1. The second kappa shape index (κ2) is 7.64. The number of hydrogen-bond acceptors (Lipinski definition) is 6. The molecule has 1 N–H and O–H groups in total. The smallest absolute Gasteiger partial charge is 0.327 e. The molecule has 7 nitrogen and oxygen atoms in total. The predicted octanol–water partition coefficient (Wildman–Crippen LogP) is 1.85. The summed E-state index contributed by atoms with van der Waals surface area (Å²) < 4.78 is 10.1. The number of methoxy groups -OCH3 is 1. The lowest BCUT2D eigenvalue weighted by atomic mass is 9.95. The Hall–Kier alpha value is -2.48. The summed E-state index contributed by atoms with van der Waals surface area (Å²) in [6.07, 6.45) is 0.530. The summed E-state index contributed by atoms with van der Waals surface area (Å²) in [4.78, 5) is 36.8. The van der Waals surface area contributed by atoms with Crippen LogP contribution in [0.25, 0.3) is 0 Å². The number of carboxylic acid groups (broad SMARTS) is 1. The lowest BCUT2D eigenvalue weighted by Crippen LogP contribution is -2.57. The third-order valence-corrected chi connectivity index (χ3v) is 6.22. The molecule has 2 aliphatic heterocycles. The number of thioether (sulfide) groups is 1. The van der Waals surface area contributed by atoms with Crippen LogP contribution in [0.1, 0.15) is 19.4 Å². The van der Waals surface area contributed by atoms with Crippen LogP contribution in [0.15, 0.2) is 35.4 Å². The zero-order chi connectivity index (χ0) is 19.7. The number of benzene rings is 1. The number of aliphatic carboxylic acids is 1. The topological polar surface area (TPSA) is 93.1 Å². The molecule has 2 unspecified atom stereocenters. The van der Waals surface area contributed by atoms with Crippen molar-refractivity contribution in [1.29, 1.82) is 0 Å². The number of carboxylic acids is 1. The molecule has 0 spiro atoms. The van der Waals surface area contributed by atoms with Crippen molar-refractivity contribution in [2.45, 2.75) is 36.9 Å². The van der Waals surface area contributed by atoms with Crippen molar-refractivity contribution in [1.82, 2.24) is 4.90 Å². The summed E-state index contributed by atoms with van der Waals surface area (Å²) in [6.45, 7) is 3.09. The first kappa shape index (κ1) is 19.3. The molecule has 2 aliphatic rings. The third kappa shape index (κ3) is 3.66. The molecule has 3 atom stereocenters. The van der Waals surface area contributed by atoms with Gasteiger partial charge < -0.3 is 19.5 Å². The second-order valence-corrected chi connectivity index (χ2v) is 7.87. The van der Waals surface area contributed by atoms with Crippen molar-refractivity contribution in [3.8, 4) is 5.75 Å². The fourth-order valence-corrected chi connectivity index (χ4v) is 5.17. The van der Waals surface area contributed by atoms with E-state index in [1.165, 1.54) is 23.6 Å². The number of amides is 1. The number of carbonyl (C=O) groups is 3. The Kier molecular flexibility index (Phi) is 5.46. The van der Waals surface area contributed by atoms with Gasteiger partial charge in [-0.1, -0.05) is 12.1 Å². The Morgan fingerprint density at radius 2 is 1.89 bits per heavy atom. The minimum atomic E-state index is -1.01. The zero-order valence-electron chi connectivity index (χ0n) is 15.3. The van der Waals surface area contributed by atoms with Gasteiger partial charge in [-0.05, 0) is 36.6 Å². The Balaban J connectivity index is 1.79. The normalized spacial score (nSPS) is 25.5. The molecule has 8 heteroatoms. The Morgan fingerprint density at radius 1 is 1.22 bits per heavy atom. The van der Waals surface area contributed by atoms with Crippen molar-refractivity contribution >= 4 is 29.6 Å². The van der Waals surface area contributed by atoms with Crippen LogP contribution in [0.2, 0.25) is 0 Å². The van der Waals surface area contributed by atoms with E-state index in [9.17, 15) is 19.5 Å². The van der Waals surface area contributed by atoms with Crippen LogP contribution in [0.5, 0.6) is 5.75 Å². The van der Waals surface area contributed by atoms with E-state index < -0.39 is 18.0 Å². The number of esters is 1. The van der Waals surface area contributed by atoms with E-state index in [1.54, 1.807) is 14.0 Å². The van der Waals surface area contributed by atoms with Crippen molar-refractivity contribution in [2.24, 2.45) is 0 Å². The van der Waals surface area contributed by atoms with Crippen molar-refractivity contribution < 1.29 is 29.0 Å². The number of hydrogen-bond donors (Lipinski definition) is 1. The van der Waals surface area contributed by atoms with Crippen LogP contribution in [-0.4, -0.2) is 58.2 Å². The molecule has 144 valence electrons. The fourth-order valence-electron chi connectivity index (χ4n) is 3.36. The van der Waals surface area contributed by atoms with Gasteiger partial charge in [0.1, 0.15) is 23.8 Å². The van der Waals surface area contributed by atoms with Crippen LogP contribution in [0, 0.1) is 0 Å². The molecule has 1 aromatic rings. The van der Waals surface area contributed by atoms with Crippen molar-refractivity contribution in [2.75, 3.05) is 13.7 Å². The maximum absolute atomic E-state index is 12.6. The van der Waals surface area contributed by atoms with E-state index in [1.807, 2.05) is 24.3 Å². The van der Waals surface area contributed by atoms with E-state index in [2.05, 4.69) is 0 Å². The molecular weight excluding hydrogens is 370 g/mol. The van der Waals surface area contributed by atoms with Crippen LogP contribution >= 0.6 is 11.8 Å². The molecule has 27 heavy (non-hydrogen) atoms. The van der Waals surface area contributed by atoms with E-state index in [0.717, 1.165) is 11.3 Å². The standard InChI is InChI=1S/C19H21NO6S/c1-10(9-26-11(2)21)15-17(22)20-16(19(23)24)14(27-18(15)20)8-12-4-6-13(25-3)7-5-12/h4-7,14,16,18H,8-9H2,1-3H3,(H,23,24)/t14?,16?,18-/m1/s1. The third-order valence-electron chi connectivity index (χ3n) is 4.72. The number of nitrogens with zero attached hydrogens (tertiary/aromatic N) is 1. The maximum atomic E-state index is 12.6. The highest BCUT2D eigenvalue weighted by atomic mass is 32.2. The van der Waals surface area contributed by atoms with E-state index in [4.69, 9.17) is 9.47 Å². The molecule has 0 bridgehead atoms. The summed E-state index contributed by atoms with van der Waals surface area (Å²) in [5, 5.41) is 9.10. The van der Waals surface area contributed by atoms with Gasteiger partial charge in [0.25, 0.3) is 5.91 Å². The van der Waals surface area contributed by atoms with Crippen LogP contribution in [0.3, 0.4) is 0 Å². The molecule has 3 rings (SSSR count). The average molecular weight is 391 g/mol. The molecule has 0 aromatic heterocycles. The number of β-lactam (4-membered cyclic amide) rings is 1. The first-order chi connectivity index (χ1) is 12.8. The highest BCUT2D eigenvalue weighted by Gasteiger charge is 2.58. The van der Waals surface area contributed by atoms with Gasteiger partial charge in [-0.25, -0.2) is 4.79 Å². The minimum absolute atomic E-state index is 0.0438. The molecule has 2 fully saturated rings. The lowest BCUT2D eigenvalue weighted by molar-refractivity contribution is -0.151. The van der Waals surface area contributed by atoms with Gasteiger partial charge in [-0.15, -0.1) is 11.8 Å². The number of ether oxygens (including phenoxy) is 2. The van der Waals surface area contributed by atoms with Gasteiger partial charge in [-0.3, -0.25) is 9.59 Å². The Labute approximate surface area is 161 Å². The summed E-state index contributed by atoms with van der Waals surface area (Å²) >= 11 is 1.47. The molecule has 1 aromatic carbocycles. The first-order valence-corrected chi connectivity index (χ1v) is 9.44. The molecule has 0 saturated carbocycles. The largest absolute Gasteiger partial charge is 0.497 e. The van der Waals surface area contributed by atoms with Crippen molar-refractivity contribution in [3.63, 3.8) is 0 Å². The Morgan fingerprint density at radius 3 is 2.44 bits per heavy atom. The summed E-state index contributed by atoms with van der Waals surface area (Å²) in [5.74, 6) is -0.980.